The van der Waals surface area contributed by atoms with Crippen molar-refractivity contribution in [2.45, 2.75) is 19.1 Å². The average molecular weight is 412 g/mol. The average Bonchev–Trinajstić information content (AvgIpc) is 3.23. The number of anilines is 1. The summed E-state index contributed by atoms with van der Waals surface area (Å²) in [6.07, 6.45) is 6.08. The fourth-order valence-electron chi connectivity index (χ4n) is 3.32. The molecule has 1 unspecified atom stereocenters. The topological polar surface area (TPSA) is 72.3 Å². The molecule has 3 aromatic rings. The van der Waals surface area contributed by atoms with Gasteiger partial charge in [0, 0.05) is 37.6 Å². The molecule has 0 radical (unpaired) electrons. The molecule has 0 bridgehead atoms. The summed E-state index contributed by atoms with van der Waals surface area (Å²) in [4.78, 5) is 23.5. The Labute approximate surface area is 173 Å². The molecule has 1 fully saturated rings. The number of nitrogens with zero attached hydrogens (tertiary/aromatic N) is 4. The van der Waals surface area contributed by atoms with Gasteiger partial charge in [-0.15, -0.1) is 0 Å². The number of rotatable bonds is 6. The maximum Gasteiger partial charge on any atom is 0.258 e. The van der Waals surface area contributed by atoms with Gasteiger partial charge in [0.15, 0.2) is 0 Å². The smallest absolute Gasteiger partial charge is 0.258 e. The van der Waals surface area contributed by atoms with Gasteiger partial charge in [-0.2, -0.15) is 0 Å². The molecule has 1 aliphatic rings. The zero-order chi connectivity index (χ0) is 20.2. The molecule has 29 heavy (non-hydrogen) atoms. The van der Waals surface area contributed by atoms with Crippen LogP contribution in [-0.4, -0.2) is 40.7 Å². The second kappa shape index (κ2) is 8.63. The minimum Gasteiger partial charge on any atom is -0.487 e. The molecule has 8 heteroatoms. The molecule has 0 aromatic carbocycles. The van der Waals surface area contributed by atoms with Gasteiger partial charge in [-0.05, 0) is 43.8 Å². The van der Waals surface area contributed by atoms with E-state index in [2.05, 4.69) is 20.2 Å². The minimum atomic E-state index is -0.183. The van der Waals surface area contributed by atoms with E-state index >= 15 is 0 Å². The number of pyridine rings is 3. The maximum absolute atomic E-state index is 12.5. The fourth-order valence-corrected chi connectivity index (χ4v) is 3.44. The first-order valence-electron chi connectivity index (χ1n) is 9.47. The van der Waals surface area contributed by atoms with Crippen LogP contribution < -0.4 is 20.5 Å². The van der Waals surface area contributed by atoms with Gasteiger partial charge in [0.2, 0.25) is 0 Å². The zero-order valence-corrected chi connectivity index (χ0v) is 16.8. The molecule has 0 aliphatic carbocycles. The molecular weight excluding hydrogens is 390 g/mol. The number of aromatic nitrogens is 3. The molecule has 7 nitrogen and oxygen atoms in total. The molecule has 1 N–H and O–H groups in total. The fraction of sp³-hybridized carbons (Fsp3) is 0.286. The Kier molecular flexibility index (Phi) is 5.78. The van der Waals surface area contributed by atoms with E-state index in [9.17, 15) is 4.79 Å². The molecule has 0 amide bonds. The molecule has 1 saturated heterocycles. The molecule has 4 rings (SSSR count). The van der Waals surface area contributed by atoms with E-state index in [-0.39, 0.29) is 12.2 Å². The molecule has 150 valence electrons. The number of likely N-dealkylation sites (N-methyl/N-ethyl adjacent to an activating group) is 1. The van der Waals surface area contributed by atoms with Crippen LogP contribution >= 0.6 is 11.6 Å². The highest BCUT2D eigenvalue weighted by Crippen LogP contribution is 2.19. The van der Waals surface area contributed by atoms with Gasteiger partial charge < -0.3 is 15.0 Å². The molecule has 0 saturated carbocycles. The van der Waals surface area contributed by atoms with Crippen molar-refractivity contribution in [1.82, 2.24) is 19.9 Å². The SMILES string of the molecule is CNC1CCN(c2ccc(-n3ccc(OCc4ccc(Cl)cn4)cc3=O)cn2)C1. The van der Waals surface area contributed by atoms with Crippen molar-refractivity contribution in [2.24, 2.45) is 0 Å². The minimum absolute atomic E-state index is 0.183. The summed E-state index contributed by atoms with van der Waals surface area (Å²) in [5.74, 6) is 1.41. The lowest BCUT2D eigenvalue weighted by Gasteiger charge is -2.17. The van der Waals surface area contributed by atoms with E-state index in [1.807, 2.05) is 19.2 Å². The lowest BCUT2D eigenvalue weighted by atomic mass is 10.3. The maximum atomic E-state index is 12.5. The van der Waals surface area contributed by atoms with E-state index in [1.54, 1.807) is 41.4 Å². The summed E-state index contributed by atoms with van der Waals surface area (Å²) in [7, 11) is 1.98. The van der Waals surface area contributed by atoms with E-state index in [1.165, 1.54) is 6.07 Å². The van der Waals surface area contributed by atoms with E-state index in [4.69, 9.17) is 16.3 Å². The number of hydrogen-bond donors (Lipinski definition) is 1. The van der Waals surface area contributed by atoms with Crippen LogP contribution in [0.3, 0.4) is 0 Å². The van der Waals surface area contributed by atoms with Gasteiger partial charge in [-0.1, -0.05) is 11.6 Å². The van der Waals surface area contributed by atoms with Gasteiger partial charge in [-0.25, -0.2) is 4.98 Å². The molecule has 1 aliphatic heterocycles. The largest absolute Gasteiger partial charge is 0.487 e. The normalized spacial score (nSPS) is 16.2. The third-order valence-corrected chi connectivity index (χ3v) is 5.22. The Morgan fingerprint density at radius 2 is 2.10 bits per heavy atom. The molecule has 1 atom stereocenters. The van der Waals surface area contributed by atoms with Crippen LogP contribution in [0, 0.1) is 0 Å². The van der Waals surface area contributed by atoms with Gasteiger partial charge in [0.25, 0.3) is 5.56 Å². The van der Waals surface area contributed by atoms with Crippen LogP contribution in [0.4, 0.5) is 5.82 Å². The second-order valence-electron chi connectivity index (χ2n) is 6.92. The third kappa shape index (κ3) is 4.58. The number of nitrogens with one attached hydrogen (secondary N) is 1. The van der Waals surface area contributed by atoms with E-state index in [0.717, 1.165) is 31.0 Å². The molecule has 4 heterocycles. The Hall–Kier alpha value is -2.90. The Morgan fingerprint density at radius 3 is 2.76 bits per heavy atom. The first-order valence-corrected chi connectivity index (χ1v) is 9.85. The van der Waals surface area contributed by atoms with Crippen LogP contribution in [0.15, 0.2) is 59.8 Å². The van der Waals surface area contributed by atoms with Gasteiger partial charge in [0.05, 0.1) is 22.6 Å². The predicted molar refractivity (Wildman–Crippen MR) is 113 cm³/mol. The summed E-state index contributed by atoms with van der Waals surface area (Å²) in [5, 5.41) is 3.87. The van der Waals surface area contributed by atoms with E-state index in [0.29, 0.717) is 22.5 Å². The van der Waals surface area contributed by atoms with Crippen LogP contribution in [0.5, 0.6) is 5.75 Å². The highest BCUT2D eigenvalue weighted by atomic mass is 35.5. The summed E-state index contributed by atoms with van der Waals surface area (Å²) >= 11 is 5.83. The van der Waals surface area contributed by atoms with Crippen LogP contribution in [0.25, 0.3) is 5.69 Å². The van der Waals surface area contributed by atoms with Crippen molar-refractivity contribution < 1.29 is 4.74 Å². The monoisotopic (exact) mass is 411 g/mol. The summed E-state index contributed by atoms with van der Waals surface area (Å²) in [5.41, 5.74) is 1.27. The van der Waals surface area contributed by atoms with Crippen molar-refractivity contribution in [3.05, 3.63) is 76.1 Å². The van der Waals surface area contributed by atoms with Gasteiger partial charge in [0.1, 0.15) is 18.2 Å². The Bertz CT molecular complexity index is 1020. The van der Waals surface area contributed by atoms with Gasteiger partial charge >= 0.3 is 0 Å². The van der Waals surface area contributed by atoms with Crippen LogP contribution in [-0.2, 0) is 6.61 Å². The number of hydrogen-bond acceptors (Lipinski definition) is 6. The zero-order valence-electron chi connectivity index (χ0n) is 16.1. The lowest BCUT2D eigenvalue weighted by molar-refractivity contribution is 0.300. The molecular formula is C21H22ClN5O2. The predicted octanol–water partition coefficient (Wildman–Crippen LogP) is 2.66. The number of ether oxygens (including phenoxy) is 1. The summed E-state index contributed by atoms with van der Waals surface area (Å²) in [6.45, 7) is 2.18. The van der Waals surface area contributed by atoms with Gasteiger partial charge in [-0.3, -0.25) is 14.3 Å². The Morgan fingerprint density at radius 1 is 1.21 bits per heavy atom. The van der Waals surface area contributed by atoms with Crippen LogP contribution in [0.2, 0.25) is 5.02 Å². The second-order valence-corrected chi connectivity index (χ2v) is 7.36. The highest BCUT2D eigenvalue weighted by Gasteiger charge is 2.21. The first kappa shape index (κ1) is 19.4. The highest BCUT2D eigenvalue weighted by molar-refractivity contribution is 6.30. The lowest BCUT2D eigenvalue weighted by Crippen LogP contribution is -2.29. The van der Waals surface area contributed by atoms with E-state index < -0.39 is 0 Å². The van der Waals surface area contributed by atoms with Crippen molar-refractivity contribution >= 4 is 17.4 Å². The van der Waals surface area contributed by atoms with Crippen molar-refractivity contribution in [1.29, 1.82) is 0 Å². The molecule has 0 spiro atoms. The van der Waals surface area contributed by atoms with Crippen LogP contribution in [0.1, 0.15) is 12.1 Å². The Balaban J connectivity index is 1.43. The standard InChI is InChI=1S/C21H22ClN5O2/c1-23-16-6-8-26(13-16)20-5-4-18(12-25-20)27-9-7-19(10-21(27)28)29-14-17-3-2-15(22)11-24-17/h2-5,7,9-12,16,23H,6,8,13-14H2,1H3. The third-order valence-electron chi connectivity index (χ3n) is 5.00. The van der Waals surface area contributed by atoms with Crippen molar-refractivity contribution in [3.63, 3.8) is 0 Å². The quantitative estimate of drug-likeness (QED) is 0.672. The summed E-state index contributed by atoms with van der Waals surface area (Å²) < 4.78 is 7.21. The van der Waals surface area contributed by atoms with Crippen molar-refractivity contribution in [3.8, 4) is 11.4 Å². The molecule has 3 aromatic heterocycles. The number of halogens is 1. The summed E-state index contributed by atoms with van der Waals surface area (Å²) in [6, 6.07) is 11.1. The first-order chi connectivity index (χ1) is 14.1. The van der Waals surface area contributed by atoms with Crippen molar-refractivity contribution in [2.75, 3.05) is 25.0 Å².